The highest BCUT2D eigenvalue weighted by atomic mass is 35.5. The van der Waals surface area contributed by atoms with Gasteiger partial charge >= 0.3 is 0 Å². The van der Waals surface area contributed by atoms with Crippen LogP contribution in [0.15, 0.2) is 126 Å². The van der Waals surface area contributed by atoms with Crippen molar-refractivity contribution in [2.45, 2.75) is 24.1 Å². The van der Waals surface area contributed by atoms with Crippen molar-refractivity contribution >= 4 is 48.7 Å². The molecule has 0 saturated heterocycles. The number of fused-ring (bicyclic) bond motifs is 6. The smallest absolute Gasteiger partial charge is 0.0628 e. The highest BCUT2D eigenvalue weighted by molar-refractivity contribution is 7.25. The zero-order valence-electron chi connectivity index (χ0n) is 21.2. The minimum atomic E-state index is -0.211. The van der Waals surface area contributed by atoms with Gasteiger partial charge in [-0.3, -0.25) is 0 Å². The quantitative estimate of drug-likeness (QED) is 0.228. The van der Waals surface area contributed by atoms with Gasteiger partial charge in [0.25, 0.3) is 0 Å². The van der Waals surface area contributed by atoms with Gasteiger partial charge in [-0.2, -0.15) is 0 Å². The Morgan fingerprint density at radius 2 is 1.61 bits per heavy atom. The first kappa shape index (κ1) is 22.6. The lowest BCUT2D eigenvalue weighted by Crippen LogP contribution is -2.27. The molecule has 4 atom stereocenters. The lowest BCUT2D eigenvalue weighted by atomic mass is 9.68. The van der Waals surface area contributed by atoms with E-state index in [0.29, 0.717) is 11.8 Å². The molecular formula is C36H27ClS. The molecule has 184 valence electrons. The maximum absolute atomic E-state index is 7.08. The highest BCUT2D eigenvalue weighted by Gasteiger charge is 2.45. The molecule has 0 radical (unpaired) electrons. The summed E-state index contributed by atoms with van der Waals surface area (Å²) >= 11 is 8.95. The summed E-state index contributed by atoms with van der Waals surface area (Å²) in [6, 6.07) is 22.7. The first-order valence-electron chi connectivity index (χ1n) is 13.5. The van der Waals surface area contributed by atoms with E-state index in [0.717, 1.165) is 6.42 Å². The summed E-state index contributed by atoms with van der Waals surface area (Å²) in [4.78, 5) is 0. The normalized spacial score (nSPS) is 27.1. The van der Waals surface area contributed by atoms with Gasteiger partial charge in [0.1, 0.15) is 0 Å². The molecule has 0 bridgehead atoms. The van der Waals surface area contributed by atoms with E-state index in [9.17, 15) is 0 Å². The minimum Gasteiger partial charge on any atom is -0.135 e. The van der Waals surface area contributed by atoms with Crippen molar-refractivity contribution in [3.8, 4) is 11.1 Å². The van der Waals surface area contributed by atoms with E-state index in [4.69, 9.17) is 11.6 Å². The van der Waals surface area contributed by atoms with E-state index in [1.165, 1.54) is 59.1 Å². The summed E-state index contributed by atoms with van der Waals surface area (Å²) in [7, 11) is 0. The van der Waals surface area contributed by atoms with E-state index in [1.807, 2.05) is 11.3 Å². The van der Waals surface area contributed by atoms with E-state index < -0.39 is 0 Å². The molecule has 0 amide bonds. The molecule has 0 fully saturated rings. The molecule has 4 aliphatic carbocycles. The molecule has 0 saturated carbocycles. The lowest BCUT2D eigenvalue weighted by Gasteiger charge is -2.35. The van der Waals surface area contributed by atoms with Gasteiger partial charge in [-0.1, -0.05) is 91.1 Å². The molecule has 0 N–H and O–H groups in total. The van der Waals surface area contributed by atoms with Gasteiger partial charge in [0, 0.05) is 37.4 Å². The van der Waals surface area contributed by atoms with Crippen molar-refractivity contribution < 1.29 is 0 Å². The van der Waals surface area contributed by atoms with Gasteiger partial charge in [-0.15, -0.1) is 22.9 Å². The SMILES string of the molecule is CC1(C2=CC3C=CC=CC3C=C2)C2=C(c3cc(-c4ccc5sc6ccccc6c5c4)ccc31)C(Cl)CC=C2. The molecular weight excluding hydrogens is 500 g/mol. The van der Waals surface area contributed by atoms with Crippen LogP contribution in [0.5, 0.6) is 0 Å². The van der Waals surface area contributed by atoms with Crippen molar-refractivity contribution in [3.63, 3.8) is 0 Å². The summed E-state index contributed by atoms with van der Waals surface area (Å²) < 4.78 is 2.69. The fraction of sp³-hybridized carbons (Fsp3) is 0.167. The molecule has 38 heavy (non-hydrogen) atoms. The number of thiophene rings is 1. The first-order valence-corrected chi connectivity index (χ1v) is 14.7. The van der Waals surface area contributed by atoms with Gasteiger partial charge in [0.2, 0.25) is 0 Å². The molecule has 4 unspecified atom stereocenters. The molecule has 4 aliphatic rings. The maximum Gasteiger partial charge on any atom is 0.0628 e. The number of rotatable bonds is 2. The Labute approximate surface area is 232 Å². The number of alkyl halides is 1. The average Bonchev–Trinajstić information content (AvgIpc) is 3.46. The molecule has 1 aromatic heterocycles. The summed E-state index contributed by atoms with van der Waals surface area (Å²) in [5.41, 5.74) is 9.03. The van der Waals surface area contributed by atoms with Crippen LogP contribution in [-0.2, 0) is 5.41 Å². The predicted molar refractivity (Wildman–Crippen MR) is 165 cm³/mol. The van der Waals surface area contributed by atoms with Crippen LogP contribution in [0.4, 0.5) is 0 Å². The van der Waals surface area contributed by atoms with Crippen molar-refractivity contribution in [3.05, 3.63) is 138 Å². The lowest BCUT2D eigenvalue weighted by molar-refractivity contribution is 0.617. The number of allylic oxidation sites excluding steroid dienone is 12. The van der Waals surface area contributed by atoms with Crippen molar-refractivity contribution in [2.24, 2.45) is 11.8 Å². The molecule has 0 nitrogen and oxygen atoms in total. The molecule has 0 aliphatic heterocycles. The van der Waals surface area contributed by atoms with Gasteiger partial charge in [0.15, 0.2) is 0 Å². The third kappa shape index (κ3) is 3.16. The number of hydrogen-bond acceptors (Lipinski definition) is 1. The summed E-state index contributed by atoms with van der Waals surface area (Å²) in [6.07, 6.45) is 21.7. The second-order valence-corrected chi connectivity index (χ2v) is 12.6. The minimum absolute atomic E-state index is 0.00690. The highest BCUT2D eigenvalue weighted by Crippen LogP contribution is 2.56. The third-order valence-electron chi connectivity index (χ3n) is 9.00. The Kier molecular flexibility index (Phi) is 4.93. The topological polar surface area (TPSA) is 0 Å². The zero-order chi connectivity index (χ0) is 25.4. The summed E-state index contributed by atoms with van der Waals surface area (Å²) in [5.74, 6) is 0.866. The fourth-order valence-electron chi connectivity index (χ4n) is 6.99. The third-order valence-corrected chi connectivity index (χ3v) is 10.5. The Morgan fingerprint density at radius 3 is 2.53 bits per heavy atom. The van der Waals surface area contributed by atoms with Crippen LogP contribution in [0.25, 0.3) is 36.9 Å². The monoisotopic (exact) mass is 526 g/mol. The van der Waals surface area contributed by atoms with Crippen LogP contribution in [0.2, 0.25) is 0 Å². The number of hydrogen-bond donors (Lipinski definition) is 0. The van der Waals surface area contributed by atoms with Gasteiger partial charge < -0.3 is 0 Å². The largest absolute Gasteiger partial charge is 0.135 e. The second-order valence-electron chi connectivity index (χ2n) is 11.0. The van der Waals surface area contributed by atoms with Crippen molar-refractivity contribution in [2.75, 3.05) is 0 Å². The Hall–Kier alpha value is -3.39. The molecule has 3 aromatic carbocycles. The van der Waals surface area contributed by atoms with Crippen molar-refractivity contribution in [1.29, 1.82) is 0 Å². The number of benzene rings is 3. The summed E-state index contributed by atoms with van der Waals surface area (Å²) in [6.45, 7) is 2.40. The van der Waals surface area contributed by atoms with Crippen LogP contribution in [0.3, 0.4) is 0 Å². The maximum atomic E-state index is 7.08. The van der Waals surface area contributed by atoms with E-state index in [2.05, 4.69) is 122 Å². The van der Waals surface area contributed by atoms with E-state index in [1.54, 1.807) is 0 Å². The Morgan fingerprint density at radius 1 is 0.816 bits per heavy atom. The Balaban J connectivity index is 1.29. The van der Waals surface area contributed by atoms with E-state index >= 15 is 0 Å². The van der Waals surface area contributed by atoms with Crippen molar-refractivity contribution in [1.82, 2.24) is 0 Å². The number of halogens is 1. The summed E-state index contributed by atoms with van der Waals surface area (Å²) in [5, 5.41) is 2.67. The van der Waals surface area contributed by atoms with Gasteiger partial charge in [0.05, 0.1) is 5.38 Å². The molecule has 4 aromatic rings. The zero-order valence-corrected chi connectivity index (χ0v) is 22.8. The fourth-order valence-corrected chi connectivity index (χ4v) is 8.41. The van der Waals surface area contributed by atoms with Crippen LogP contribution < -0.4 is 0 Å². The predicted octanol–water partition coefficient (Wildman–Crippen LogP) is 10.2. The molecule has 8 rings (SSSR count). The van der Waals surface area contributed by atoms with Crippen LogP contribution in [-0.4, -0.2) is 5.38 Å². The average molecular weight is 527 g/mol. The first-order chi connectivity index (χ1) is 18.6. The second kappa shape index (κ2) is 8.30. The Bertz CT molecular complexity index is 1840. The van der Waals surface area contributed by atoms with Gasteiger partial charge in [-0.05, 0) is 76.6 Å². The standard InChI is InChI=1S/C36H27ClS/c1-36(26-16-13-22-7-2-3-8-23(22)19-26)30-17-14-24(21-29(30)35-31(36)10-6-11-32(35)37)25-15-18-34-28(20-25)27-9-4-5-12-33(27)38-34/h2-10,12-23,32H,11H2,1H3. The van der Waals surface area contributed by atoms with Crippen LogP contribution >= 0.6 is 22.9 Å². The van der Waals surface area contributed by atoms with Crippen LogP contribution in [0.1, 0.15) is 24.5 Å². The molecule has 0 spiro atoms. The van der Waals surface area contributed by atoms with E-state index in [-0.39, 0.29) is 10.8 Å². The van der Waals surface area contributed by atoms with Gasteiger partial charge in [-0.25, -0.2) is 0 Å². The van der Waals surface area contributed by atoms with Crippen LogP contribution in [0, 0.1) is 11.8 Å². The molecule has 2 heteroatoms. The molecule has 1 heterocycles.